The summed E-state index contributed by atoms with van der Waals surface area (Å²) in [6.07, 6.45) is 0. The largest absolute Gasteiger partial charge is 0.502 e. The summed E-state index contributed by atoms with van der Waals surface area (Å²) in [5.74, 6) is -0.586. The molecule has 0 saturated carbocycles. The molecule has 0 heterocycles. The van der Waals surface area contributed by atoms with E-state index in [2.05, 4.69) is 0 Å². The molecule has 0 fully saturated rings. The number of nitro groups is 2. The second-order valence-corrected chi connectivity index (χ2v) is 3.32. The SMILES string of the molecule is O=[N+]([O-])c1cccc2ccc(O)c([N+](=O)[O-])c12. The van der Waals surface area contributed by atoms with Gasteiger partial charge in [0.25, 0.3) is 5.69 Å². The molecule has 0 atom stereocenters. The standard InChI is InChI=1S/C10H6N2O5/c13-8-5-4-6-2-1-3-7(11(14)15)9(6)10(8)12(16)17/h1-5,13H. The third kappa shape index (κ3) is 1.63. The minimum Gasteiger partial charge on any atom is -0.502 e. The van der Waals surface area contributed by atoms with Crippen LogP contribution in [0.25, 0.3) is 10.8 Å². The Bertz CT molecular complexity index is 638. The van der Waals surface area contributed by atoms with E-state index in [1.807, 2.05) is 0 Å². The topological polar surface area (TPSA) is 107 Å². The number of nitro benzene ring substituents is 2. The molecule has 0 radical (unpaired) electrons. The Kier molecular flexibility index (Phi) is 2.36. The average molecular weight is 234 g/mol. The molecule has 0 bridgehead atoms. The first kappa shape index (κ1) is 10.8. The second kappa shape index (κ2) is 3.71. The van der Waals surface area contributed by atoms with Crippen molar-refractivity contribution in [2.24, 2.45) is 0 Å². The predicted molar refractivity (Wildman–Crippen MR) is 58.9 cm³/mol. The highest BCUT2D eigenvalue weighted by atomic mass is 16.6. The fraction of sp³-hybridized carbons (Fsp3) is 0. The van der Waals surface area contributed by atoms with Crippen LogP contribution in [-0.2, 0) is 0 Å². The number of non-ortho nitro benzene ring substituents is 1. The summed E-state index contributed by atoms with van der Waals surface area (Å²) in [5, 5.41) is 31.2. The first-order chi connectivity index (χ1) is 8.02. The maximum absolute atomic E-state index is 10.8. The Morgan fingerprint density at radius 1 is 1.00 bits per heavy atom. The Morgan fingerprint density at radius 3 is 2.29 bits per heavy atom. The van der Waals surface area contributed by atoms with Gasteiger partial charge in [-0.15, -0.1) is 0 Å². The van der Waals surface area contributed by atoms with E-state index in [9.17, 15) is 25.3 Å². The number of fused-ring (bicyclic) bond motifs is 1. The number of benzene rings is 2. The molecule has 0 aromatic heterocycles. The maximum Gasteiger partial charge on any atom is 0.325 e. The van der Waals surface area contributed by atoms with Crippen molar-refractivity contribution in [3.63, 3.8) is 0 Å². The molecule has 0 aliphatic heterocycles. The zero-order chi connectivity index (χ0) is 12.6. The Morgan fingerprint density at radius 2 is 1.71 bits per heavy atom. The number of phenols is 1. The van der Waals surface area contributed by atoms with Crippen LogP contribution < -0.4 is 0 Å². The summed E-state index contributed by atoms with van der Waals surface area (Å²) in [7, 11) is 0. The van der Waals surface area contributed by atoms with E-state index >= 15 is 0 Å². The van der Waals surface area contributed by atoms with Gasteiger partial charge in [0, 0.05) is 6.07 Å². The van der Waals surface area contributed by atoms with E-state index in [0.29, 0.717) is 5.39 Å². The van der Waals surface area contributed by atoms with Gasteiger partial charge in [-0.2, -0.15) is 0 Å². The third-order valence-corrected chi connectivity index (χ3v) is 2.35. The highest BCUT2D eigenvalue weighted by Gasteiger charge is 2.25. The van der Waals surface area contributed by atoms with Gasteiger partial charge in [-0.25, -0.2) is 0 Å². The quantitative estimate of drug-likeness (QED) is 0.633. The number of phenolic OH excluding ortho intramolecular Hbond substituents is 1. The average Bonchev–Trinajstić information content (AvgIpc) is 2.27. The molecule has 0 saturated heterocycles. The van der Waals surface area contributed by atoms with Crippen LogP contribution in [0.2, 0.25) is 0 Å². The predicted octanol–water partition coefficient (Wildman–Crippen LogP) is 2.36. The van der Waals surface area contributed by atoms with E-state index in [4.69, 9.17) is 0 Å². The van der Waals surface area contributed by atoms with Gasteiger partial charge in [0.15, 0.2) is 5.75 Å². The van der Waals surface area contributed by atoms with Crippen LogP contribution in [-0.4, -0.2) is 15.0 Å². The Balaban J connectivity index is 2.99. The van der Waals surface area contributed by atoms with Gasteiger partial charge in [-0.05, 0) is 17.5 Å². The molecule has 0 spiro atoms. The first-order valence-electron chi connectivity index (χ1n) is 4.56. The molecule has 2 aromatic rings. The minimum atomic E-state index is -0.829. The monoisotopic (exact) mass is 234 g/mol. The fourth-order valence-corrected chi connectivity index (χ4v) is 1.67. The highest BCUT2D eigenvalue weighted by molar-refractivity contribution is 6.00. The maximum atomic E-state index is 10.8. The molecule has 17 heavy (non-hydrogen) atoms. The Hall–Kier alpha value is -2.70. The van der Waals surface area contributed by atoms with Gasteiger partial charge in [-0.1, -0.05) is 12.1 Å². The minimum absolute atomic E-state index is 0.164. The molecule has 1 N–H and O–H groups in total. The zero-order valence-corrected chi connectivity index (χ0v) is 8.36. The molecule has 0 aliphatic carbocycles. The molecule has 2 aromatic carbocycles. The fourth-order valence-electron chi connectivity index (χ4n) is 1.67. The lowest BCUT2D eigenvalue weighted by molar-refractivity contribution is -0.390. The highest BCUT2D eigenvalue weighted by Crippen LogP contribution is 2.39. The molecule has 86 valence electrons. The van der Waals surface area contributed by atoms with Gasteiger partial charge in [0.2, 0.25) is 0 Å². The summed E-state index contributed by atoms with van der Waals surface area (Å²) >= 11 is 0. The van der Waals surface area contributed by atoms with Crippen molar-refractivity contribution in [1.82, 2.24) is 0 Å². The molecule has 0 unspecified atom stereocenters. The second-order valence-electron chi connectivity index (χ2n) is 3.32. The van der Waals surface area contributed by atoms with Crippen molar-refractivity contribution in [3.8, 4) is 5.75 Å². The van der Waals surface area contributed by atoms with Gasteiger partial charge in [0.1, 0.15) is 5.39 Å². The van der Waals surface area contributed by atoms with Crippen molar-refractivity contribution < 1.29 is 15.0 Å². The molecule has 0 amide bonds. The van der Waals surface area contributed by atoms with E-state index in [-0.39, 0.29) is 5.39 Å². The lowest BCUT2D eigenvalue weighted by atomic mass is 10.1. The van der Waals surface area contributed by atoms with E-state index in [1.54, 1.807) is 0 Å². The summed E-state index contributed by atoms with van der Waals surface area (Å²) in [6, 6.07) is 6.64. The molecule has 2 rings (SSSR count). The van der Waals surface area contributed by atoms with Crippen LogP contribution >= 0.6 is 0 Å². The van der Waals surface area contributed by atoms with Gasteiger partial charge in [-0.3, -0.25) is 20.2 Å². The number of rotatable bonds is 2. The lowest BCUT2D eigenvalue weighted by Crippen LogP contribution is -1.95. The van der Waals surface area contributed by atoms with Crippen molar-refractivity contribution in [2.75, 3.05) is 0 Å². The molecule has 7 nitrogen and oxygen atoms in total. The van der Waals surface area contributed by atoms with Crippen molar-refractivity contribution >= 4 is 22.1 Å². The van der Waals surface area contributed by atoms with Crippen LogP contribution in [0, 0.1) is 20.2 Å². The first-order valence-corrected chi connectivity index (χ1v) is 4.56. The van der Waals surface area contributed by atoms with E-state index in [0.717, 1.165) is 12.1 Å². The van der Waals surface area contributed by atoms with Crippen molar-refractivity contribution in [2.45, 2.75) is 0 Å². The molecular weight excluding hydrogens is 228 g/mol. The van der Waals surface area contributed by atoms with Gasteiger partial charge >= 0.3 is 5.69 Å². The molecule has 7 heteroatoms. The molecular formula is C10H6N2O5. The van der Waals surface area contributed by atoms with Crippen molar-refractivity contribution in [1.29, 1.82) is 0 Å². The van der Waals surface area contributed by atoms with Gasteiger partial charge in [0.05, 0.1) is 9.85 Å². The number of nitrogens with zero attached hydrogens (tertiary/aromatic N) is 2. The Labute approximate surface area is 94.2 Å². The number of hydrogen-bond donors (Lipinski definition) is 1. The smallest absolute Gasteiger partial charge is 0.325 e. The van der Waals surface area contributed by atoms with E-state index < -0.39 is 27.0 Å². The number of aromatic hydroxyl groups is 1. The van der Waals surface area contributed by atoms with Crippen LogP contribution in [0.4, 0.5) is 11.4 Å². The summed E-state index contributed by atoms with van der Waals surface area (Å²) in [6.45, 7) is 0. The summed E-state index contributed by atoms with van der Waals surface area (Å²) in [4.78, 5) is 20.1. The van der Waals surface area contributed by atoms with Crippen LogP contribution in [0.5, 0.6) is 5.75 Å². The lowest BCUT2D eigenvalue weighted by Gasteiger charge is -2.02. The van der Waals surface area contributed by atoms with E-state index in [1.165, 1.54) is 18.2 Å². The summed E-state index contributed by atoms with van der Waals surface area (Å²) < 4.78 is 0. The number of hydrogen-bond acceptors (Lipinski definition) is 5. The van der Waals surface area contributed by atoms with Crippen LogP contribution in [0.3, 0.4) is 0 Å². The normalized spacial score (nSPS) is 10.4. The molecule has 0 aliphatic rings. The van der Waals surface area contributed by atoms with Crippen LogP contribution in [0.1, 0.15) is 0 Å². The summed E-state index contributed by atoms with van der Waals surface area (Å²) in [5.41, 5.74) is -1.04. The van der Waals surface area contributed by atoms with Crippen LogP contribution in [0.15, 0.2) is 30.3 Å². The van der Waals surface area contributed by atoms with Gasteiger partial charge < -0.3 is 5.11 Å². The van der Waals surface area contributed by atoms with Crippen molar-refractivity contribution in [3.05, 3.63) is 50.6 Å². The zero-order valence-electron chi connectivity index (χ0n) is 8.36. The third-order valence-electron chi connectivity index (χ3n) is 2.35.